The molecule has 1 unspecified atom stereocenters. The molecule has 2 fully saturated rings. The molecule has 1 amide bonds. The molecular weight excluding hydrogens is 358 g/mol. The number of aryl methyl sites for hydroxylation is 2. The molecule has 2 saturated heterocycles. The van der Waals surface area contributed by atoms with Gasteiger partial charge in [0.15, 0.2) is 0 Å². The van der Waals surface area contributed by atoms with Crippen LogP contribution in [0, 0.1) is 19.8 Å². The van der Waals surface area contributed by atoms with E-state index in [0.29, 0.717) is 24.4 Å². The van der Waals surface area contributed by atoms with E-state index in [9.17, 15) is 13.2 Å². The summed E-state index contributed by atoms with van der Waals surface area (Å²) in [6, 6.07) is 5.24. The van der Waals surface area contributed by atoms with Gasteiger partial charge in [0, 0.05) is 25.4 Å². The number of nitrogens with one attached hydrogen (secondary N) is 2. The Hall–Kier alpha value is -1.09. The quantitative estimate of drug-likeness (QED) is 0.796. The number of amides is 1. The Kier molecular flexibility index (Phi) is 5.72. The molecule has 0 aromatic heterocycles. The summed E-state index contributed by atoms with van der Waals surface area (Å²) in [7, 11) is -3.53. The Morgan fingerprint density at radius 2 is 2.20 bits per heavy atom. The number of thioether (sulfide) groups is 1. The van der Waals surface area contributed by atoms with E-state index >= 15 is 0 Å². The fraction of sp³-hybridized carbons (Fsp3) is 0.588. The zero-order valence-corrected chi connectivity index (χ0v) is 16.3. The van der Waals surface area contributed by atoms with Gasteiger partial charge in [0.05, 0.1) is 16.8 Å². The Morgan fingerprint density at radius 1 is 1.40 bits per heavy atom. The standard InChI is InChI=1S/C17H25N3O3S2/c1-12-3-4-13(2)16(7-12)25(22,23)19-10-14-8-15(18-9-14)17(21)20-5-6-24-11-20/h3-4,7,14-15,18-19H,5-6,8-11H2,1-2H3/t14?,15-/m0/s1. The second-order valence-electron chi connectivity index (χ2n) is 6.82. The molecule has 2 N–H and O–H groups in total. The minimum Gasteiger partial charge on any atom is -0.331 e. The van der Waals surface area contributed by atoms with Gasteiger partial charge in [-0.3, -0.25) is 4.79 Å². The summed E-state index contributed by atoms with van der Waals surface area (Å²) in [5.41, 5.74) is 1.66. The first-order valence-corrected chi connectivity index (χ1v) is 11.2. The minimum atomic E-state index is -3.53. The molecule has 8 heteroatoms. The number of carbonyl (C=O) groups excluding carboxylic acids is 1. The molecule has 2 heterocycles. The van der Waals surface area contributed by atoms with Crippen LogP contribution in [0.5, 0.6) is 0 Å². The highest BCUT2D eigenvalue weighted by Crippen LogP contribution is 2.21. The average molecular weight is 384 g/mol. The SMILES string of the molecule is Cc1ccc(C)c(S(=O)(=O)NCC2CN[C@H](C(=O)N3CCSC3)C2)c1. The van der Waals surface area contributed by atoms with Crippen LogP contribution in [0.1, 0.15) is 17.5 Å². The number of hydrogen-bond acceptors (Lipinski definition) is 5. The van der Waals surface area contributed by atoms with E-state index in [4.69, 9.17) is 0 Å². The molecule has 0 saturated carbocycles. The highest BCUT2D eigenvalue weighted by molar-refractivity contribution is 7.99. The number of hydrogen-bond donors (Lipinski definition) is 2. The smallest absolute Gasteiger partial charge is 0.240 e. The van der Waals surface area contributed by atoms with Crippen LogP contribution in [0.4, 0.5) is 0 Å². The van der Waals surface area contributed by atoms with Gasteiger partial charge in [-0.15, -0.1) is 11.8 Å². The monoisotopic (exact) mass is 383 g/mol. The zero-order chi connectivity index (χ0) is 18.0. The first-order chi connectivity index (χ1) is 11.9. The molecule has 1 aromatic rings. The number of rotatable bonds is 5. The summed E-state index contributed by atoms with van der Waals surface area (Å²) in [5.74, 6) is 2.03. The van der Waals surface area contributed by atoms with Gasteiger partial charge >= 0.3 is 0 Å². The summed E-state index contributed by atoms with van der Waals surface area (Å²) < 4.78 is 27.9. The Labute approximate surface area is 153 Å². The van der Waals surface area contributed by atoms with Crippen molar-refractivity contribution in [3.05, 3.63) is 29.3 Å². The predicted octanol–water partition coefficient (Wildman–Crippen LogP) is 1.09. The number of carbonyl (C=O) groups is 1. The molecule has 2 aliphatic heterocycles. The van der Waals surface area contributed by atoms with Crippen LogP contribution in [0.2, 0.25) is 0 Å². The van der Waals surface area contributed by atoms with Gasteiger partial charge in [-0.2, -0.15) is 0 Å². The summed E-state index contributed by atoms with van der Waals surface area (Å²) in [5, 5.41) is 3.24. The first kappa shape index (κ1) is 18.7. The van der Waals surface area contributed by atoms with Crippen LogP contribution in [-0.2, 0) is 14.8 Å². The Morgan fingerprint density at radius 3 is 2.92 bits per heavy atom. The van der Waals surface area contributed by atoms with Gasteiger partial charge in [0.1, 0.15) is 0 Å². The van der Waals surface area contributed by atoms with E-state index in [1.165, 1.54) is 0 Å². The highest BCUT2D eigenvalue weighted by atomic mass is 32.2. The van der Waals surface area contributed by atoms with E-state index in [1.807, 2.05) is 24.0 Å². The van der Waals surface area contributed by atoms with E-state index in [0.717, 1.165) is 29.3 Å². The lowest BCUT2D eigenvalue weighted by Gasteiger charge is -2.19. The van der Waals surface area contributed by atoms with Crippen molar-refractivity contribution < 1.29 is 13.2 Å². The van der Waals surface area contributed by atoms with Crippen LogP contribution in [0.25, 0.3) is 0 Å². The molecule has 0 radical (unpaired) electrons. The molecule has 138 valence electrons. The molecule has 0 bridgehead atoms. The van der Waals surface area contributed by atoms with Crippen molar-refractivity contribution in [1.82, 2.24) is 14.9 Å². The van der Waals surface area contributed by atoms with Crippen LogP contribution in [-0.4, -0.2) is 56.5 Å². The lowest BCUT2D eigenvalue weighted by molar-refractivity contribution is -0.131. The lowest BCUT2D eigenvalue weighted by Crippen LogP contribution is -2.42. The fourth-order valence-corrected chi connectivity index (χ4v) is 5.66. The van der Waals surface area contributed by atoms with Gasteiger partial charge in [-0.05, 0) is 43.4 Å². The molecule has 1 aromatic carbocycles. The molecule has 0 spiro atoms. The van der Waals surface area contributed by atoms with Crippen molar-refractivity contribution in [3.63, 3.8) is 0 Å². The maximum atomic E-state index is 12.6. The Balaban J connectivity index is 1.57. The molecular formula is C17H25N3O3S2. The highest BCUT2D eigenvalue weighted by Gasteiger charge is 2.33. The maximum Gasteiger partial charge on any atom is 0.240 e. The second-order valence-corrected chi connectivity index (χ2v) is 9.63. The molecule has 2 aliphatic rings. The topological polar surface area (TPSA) is 78.5 Å². The molecule has 0 aliphatic carbocycles. The van der Waals surface area contributed by atoms with Gasteiger partial charge < -0.3 is 10.2 Å². The van der Waals surface area contributed by atoms with E-state index in [2.05, 4.69) is 10.0 Å². The van der Waals surface area contributed by atoms with Crippen molar-refractivity contribution in [2.75, 3.05) is 31.3 Å². The molecule has 6 nitrogen and oxygen atoms in total. The van der Waals surface area contributed by atoms with Crippen LogP contribution in [0.3, 0.4) is 0 Å². The van der Waals surface area contributed by atoms with Crippen molar-refractivity contribution in [2.45, 2.75) is 31.2 Å². The lowest BCUT2D eigenvalue weighted by atomic mass is 10.1. The number of nitrogens with zero attached hydrogens (tertiary/aromatic N) is 1. The van der Waals surface area contributed by atoms with Crippen molar-refractivity contribution in [3.8, 4) is 0 Å². The van der Waals surface area contributed by atoms with Gasteiger partial charge in [-0.1, -0.05) is 12.1 Å². The van der Waals surface area contributed by atoms with Gasteiger partial charge in [0.25, 0.3) is 0 Å². The molecule has 25 heavy (non-hydrogen) atoms. The maximum absolute atomic E-state index is 12.6. The number of benzene rings is 1. The third kappa shape index (κ3) is 4.36. The third-order valence-corrected chi connectivity index (χ3v) is 7.31. The zero-order valence-electron chi connectivity index (χ0n) is 14.6. The van der Waals surface area contributed by atoms with Crippen molar-refractivity contribution in [1.29, 1.82) is 0 Å². The van der Waals surface area contributed by atoms with E-state index < -0.39 is 10.0 Å². The summed E-state index contributed by atoms with van der Waals surface area (Å²) in [6.45, 7) is 5.50. The molecule has 3 rings (SSSR count). The van der Waals surface area contributed by atoms with Gasteiger partial charge in [0.2, 0.25) is 15.9 Å². The predicted molar refractivity (Wildman–Crippen MR) is 100 cm³/mol. The molecule has 2 atom stereocenters. The van der Waals surface area contributed by atoms with Gasteiger partial charge in [-0.25, -0.2) is 13.1 Å². The second kappa shape index (κ2) is 7.65. The average Bonchev–Trinajstić information content (AvgIpc) is 3.26. The van der Waals surface area contributed by atoms with E-state index in [1.54, 1.807) is 24.8 Å². The minimum absolute atomic E-state index is 0.129. The van der Waals surface area contributed by atoms with Crippen molar-refractivity contribution >= 4 is 27.7 Å². The Bertz CT molecular complexity index is 746. The van der Waals surface area contributed by atoms with Crippen LogP contribution in [0.15, 0.2) is 23.1 Å². The summed E-state index contributed by atoms with van der Waals surface area (Å²) in [6.07, 6.45) is 0.676. The summed E-state index contributed by atoms with van der Waals surface area (Å²) >= 11 is 1.77. The fourth-order valence-electron chi connectivity index (χ4n) is 3.26. The normalized spacial score (nSPS) is 24.0. The largest absolute Gasteiger partial charge is 0.331 e. The number of sulfonamides is 1. The first-order valence-electron chi connectivity index (χ1n) is 8.53. The third-order valence-electron chi connectivity index (χ3n) is 4.78. The van der Waals surface area contributed by atoms with Crippen LogP contribution < -0.4 is 10.0 Å². The van der Waals surface area contributed by atoms with E-state index in [-0.39, 0.29) is 17.9 Å². The summed E-state index contributed by atoms with van der Waals surface area (Å²) in [4.78, 5) is 14.6. The van der Waals surface area contributed by atoms with Crippen LogP contribution >= 0.6 is 11.8 Å². The van der Waals surface area contributed by atoms with Crippen molar-refractivity contribution in [2.24, 2.45) is 5.92 Å².